The lowest BCUT2D eigenvalue weighted by Gasteiger charge is -2.40. The molecular weight excluding hydrogens is 380 g/mol. The molecule has 5 rings (SSSR count). The summed E-state index contributed by atoms with van der Waals surface area (Å²) in [6.07, 6.45) is 4.81. The second kappa shape index (κ2) is 8.65. The van der Waals surface area contributed by atoms with Crippen molar-refractivity contribution in [3.8, 4) is 0 Å². The van der Waals surface area contributed by atoms with Crippen molar-refractivity contribution in [3.63, 3.8) is 0 Å². The Morgan fingerprint density at radius 1 is 1.07 bits per heavy atom. The number of likely N-dealkylation sites (tertiary alicyclic amines) is 1. The van der Waals surface area contributed by atoms with Gasteiger partial charge in [0.15, 0.2) is 0 Å². The summed E-state index contributed by atoms with van der Waals surface area (Å²) in [5, 5.41) is 6.95. The first-order valence-electron chi connectivity index (χ1n) is 11.0. The number of hydrogen-bond acceptors (Lipinski definition) is 5. The van der Waals surface area contributed by atoms with Crippen LogP contribution in [0.25, 0.3) is 0 Å². The number of nitrogens with zero attached hydrogens (tertiary/aromatic N) is 5. The van der Waals surface area contributed by atoms with Gasteiger partial charge in [0.2, 0.25) is 0 Å². The van der Waals surface area contributed by atoms with E-state index in [1.165, 1.54) is 5.56 Å². The molecule has 8 nitrogen and oxygen atoms in total. The van der Waals surface area contributed by atoms with E-state index < -0.39 is 0 Å². The second-order valence-corrected chi connectivity index (χ2v) is 8.33. The van der Waals surface area contributed by atoms with E-state index in [9.17, 15) is 4.79 Å². The second-order valence-electron chi connectivity index (χ2n) is 8.33. The fraction of sp³-hybridized carbons (Fsp3) is 0.545. The van der Waals surface area contributed by atoms with E-state index in [1.807, 2.05) is 28.3 Å². The van der Waals surface area contributed by atoms with E-state index in [0.717, 1.165) is 83.4 Å². The number of aromatic nitrogens is 2. The number of benzene rings is 1. The minimum Gasteiger partial charge on any atom is -0.379 e. The Morgan fingerprint density at radius 3 is 2.70 bits per heavy atom. The third-order valence-corrected chi connectivity index (χ3v) is 6.58. The molecule has 1 atom stereocenters. The molecule has 0 bridgehead atoms. The maximum absolute atomic E-state index is 13.4. The number of carbonyl (C=O) groups excluding carboxylic acids is 1. The van der Waals surface area contributed by atoms with Crippen LogP contribution in [0.5, 0.6) is 0 Å². The smallest absolute Gasteiger partial charge is 0.324 e. The van der Waals surface area contributed by atoms with Crippen molar-refractivity contribution in [1.82, 2.24) is 20.0 Å². The van der Waals surface area contributed by atoms with Crippen molar-refractivity contribution in [2.24, 2.45) is 0 Å². The first-order chi connectivity index (χ1) is 14.8. The summed E-state index contributed by atoms with van der Waals surface area (Å²) >= 11 is 0. The third-order valence-electron chi connectivity index (χ3n) is 6.58. The number of anilines is 2. The first kappa shape index (κ1) is 19.4. The van der Waals surface area contributed by atoms with Crippen LogP contribution in [-0.2, 0) is 4.74 Å². The largest absolute Gasteiger partial charge is 0.379 e. The molecule has 0 saturated carbocycles. The van der Waals surface area contributed by atoms with Gasteiger partial charge in [0.25, 0.3) is 0 Å². The van der Waals surface area contributed by atoms with Crippen molar-refractivity contribution in [3.05, 3.63) is 42.2 Å². The normalized spacial score (nSPS) is 22.4. The Bertz CT molecular complexity index is 851. The Hall–Kier alpha value is -2.58. The average molecular weight is 411 g/mol. The molecule has 1 aromatic carbocycles. The molecule has 8 heteroatoms. The molecule has 4 heterocycles. The number of H-pyrrole nitrogens is 1. The molecule has 2 aromatic rings. The molecule has 2 saturated heterocycles. The Kier molecular flexibility index (Phi) is 5.59. The Morgan fingerprint density at radius 2 is 1.90 bits per heavy atom. The van der Waals surface area contributed by atoms with E-state index >= 15 is 0 Å². The monoisotopic (exact) mass is 410 g/mol. The van der Waals surface area contributed by atoms with Crippen LogP contribution in [0.1, 0.15) is 17.9 Å². The summed E-state index contributed by atoms with van der Waals surface area (Å²) in [5.74, 6) is 0.373. The van der Waals surface area contributed by atoms with Crippen molar-refractivity contribution < 1.29 is 9.53 Å². The van der Waals surface area contributed by atoms with Gasteiger partial charge in [-0.05, 0) is 24.1 Å². The molecule has 2 fully saturated rings. The topological polar surface area (TPSA) is 67.9 Å². The summed E-state index contributed by atoms with van der Waals surface area (Å²) in [5.41, 5.74) is 3.39. The molecule has 1 N–H and O–H groups in total. The first-order valence-corrected chi connectivity index (χ1v) is 11.0. The number of amides is 2. The zero-order valence-electron chi connectivity index (χ0n) is 17.4. The van der Waals surface area contributed by atoms with Crippen LogP contribution in [0, 0.1) is 0 Å². The highest BCUT2D eigenvalue weighted by Gasteiger charge is 2.34. The van der Waals surface area contributed by atoms with Crippen LogP contribution >= 0.6 is 0 Å². The average Bonchev–Trinajstić information content (AvgIpc) is 3.50. The number of morpholine rings is 1. The van der Waals surface area contributed by atoms with Crippen molar-refractivity contribution in [2.45, 2.75) is 12.3 Å². The number of para-hydroxylation sites is 2. The van der Waals surface area contributed by atoms with Crippen LogP contribution in [-0.4, -0.2) is 91.6 Å². The molecule has 1 aromatic heterocycles. The molecular formula is C22H30N6O2. The molecule has 30 heavy (non-hydrogen) atoms. The SMILES string of the molecule is O=C(N1CCC(c2cn[nH]c2)C1)N1CCN(CCN2CCOCC2)c2ccccc21. The standard InChI is InChI=1S/C22H30N6O2/c29-22(27-6-5-18(17-27)19-15-23-24-16-19)28-10-9-26(20-3-1-2-4-21(20)28)8-7-25-11-13-30-14-12-25/h1-4,15-16,18H,5-14,17H2,(H,23,24). The highest BCUT2D eigenvalue weighted by molar-refractivity contribution is 5.97. The van der Waals surface area contributed by atoms with Crippen LogP contribution in [0.2, 0.25) is 0 Å². The van der Waals surface area contributed by atoms with Gasteiger partial charge in [-0.3, -0.25) is 14.9 Å². The van der Waals surface area contributed by atoms with E-state index in [1.54, 1.807) is 0 Å². The van der Waals surface area contributed by atoms with Crippen LogP contribution in [0.15, 0.2) is 36.7 Å². The van der Waals surface area contributed by atoms with E-state index in [4.69, 9.17) is 4.74 Å². The van der Waals surface area contributed by atoms with Crippen molar-refractivity contribution in [2.75, 3.05) is 75.4 Å². The molecule has 1 unspecified atom stereocenters. The van der Waals surface area contributed by atoms with Gasteiger partial charge in [-0.2, -0.15) is 5.10 Å². The van der Waals surface area contributed by atoms with Gasteiger partial charge in [0.1, 0.15) is 0 Å². The summed E-state index contributed by atoms with van der Waals surface area (Å²) in [7, 11) is 0. The summed E-state index contributed by atoms with van der Waals surface area (Å²) in [6.45, 7) is 8.84. The van der Waals surface area contributed by atoms with Gasteiger partial charge in [-0.15, -0.1) is 0 Å². The number of hydrogen-bond donors (Lipinski definition) is 1. The van der Waals surface area contributed by atoms with E-state index in [0.29, 0.717) is 5.92 Å². The molecule has 3 aliphatic rings. The number of urea groups is 1. The maximum Gasteiger partial charge on any atom is 0.324 e. The van der Waals surface area contributed by atoms with E-state index in [-0.39, 0.29) is 6.03 Å². The lowest BCUT2D eigenvalue weighted by Crippen LogP contribution is -2.50. The summed E-state index contributed by atoms with van der Waals surface area (Å²) in [6, 6.07) is 8.45. The Labute approximate surface area is 177 Å². The number of fused-ring (bicyclic) bond motifs is 1. The van der Waals surface area contributed by atoms with Gasteiger partial charge in [-0.1, -0.05) is 12.1 Å². The number of ether oxygens (including phenoxy) is 1. The number of carbonyl (C=O) groups is 1. The lowest BCUT2D eigenvalue weighted by atomic mass is 10.0. The fourth-order valence-corrected chi connectivity index (χ4v) is 4.80. The predicted octanol–water partition coefficient (Wildman–Crippen LogP) is 1.98. The Balaban J connectivity index is 1.26. The van der Waals surface area contributed by atoms with Crippen molar-refractivity contribution >= 4 is 17.4 Å². The van der Waals surface area contributed by atoms with Crippen LogP contribution in [0.4, 0.5) is 16.2 Å². The molecule has 0 aliphatic carbocycles. The predicted molar refractivity (Wildman–Crippen MR) is 116 cm³/mol. The minimum absolute atomic E-state index is 0.126. The molecule has 0 spiro atoms. The quantitative estimate of drug-likeness (QED) is 0.835. The zero-order chi connectivity index (χ0) is 20.3. The third kappa shape index (κ3) is 3.89. The lowest BCUT2D eigenvalue weighted by molar-refractivity contribution is 0.0391. The van der Waals surface area contributed by atoms with Gasteiger partial charge in [0.05, 0.1) is 30.8 Å². The van der Waals surface area contributed by atoms with Crippen LogP contribution in [0.3, 0.4) is 0 Å². The molecule has 2 amide bonds. The van der Waals surface area contributed by atoms with Gasteiger partial charge in [-0.25, -0.2) is 4.79 Å². The van der Waals surface area contributed by atoms with Crippen molar-refractivity contribution in [1.29, 1.82) is 0 Å². The van der Waals surface area contributed by atoms with Crippen LogP contribution < -0.4 is 9.80 Å². The number of rotatable bonds is 4. The summed E-state index contributed by atoms with van der Waals surface area (Å²) < 4.78 is 5.46. The molecule has 160 valence electrons. The molecule has 3 aliphatic heterocycles. The minimum atomic E-state index is 0.126. The fourth-order valence-electron chi connectivity index (χ4n) is 4.80. The molecule has 0 radical (unpaired) electrons. The van der Waals surface area contributed by atoms with Gasteiger partial charge < -0.3 is 14.5 Å². The van der Waals surface area contributed by atoms with E-state index in [2.05, 4.69) is 38.2 Å². The highest BCUT2D eigenvalue weighted by atomic mass is 16.5. The zero-order valence-corrected chi connectivity index (χ0v) is 17.4. The number of aromatic amines is 1. The highest BCUT2D eigenvalue weighted by Crippen LogP contribution is 2.35. The maximum atomic E-state index is 13.4. The van der Waals surface area contributed by atoms with Gasteiger partial charge in [0, 0.05) is 64.5 Å². The number of nitrogens with one attached hydrogen (secondary N) is 1. The summed E-state index contributed by atoms with van der Waals surface area (Å²) in [4.78, 5) is 22.2. The van der Waals surface area contributed by atoms with Gasteiger partial charge >= 0.3 is 6.03 Å².